The second-order valence-corrected chi connectivity index (χ2v) is 7.53. The van der Waals surface area contributed by atoms with Gasteiger partial charge < -0.3 is 24.3 Å². The van der Waals surface area contributed by atoms with Crippen LogP contribution in [0.4, 0.5) is 23.6 Å². The van der Waals surface area contributed by atoms with Gasteiger partial charge in [0.2, 0.25) is 5.60 Å². The van der Waals surface area contributed by atoms with Crippen molar-refractivity contribution in [3.05, 3.63) is 71.5 Å². The number of anilines is 1. The van der Waals surface area contributed by atoms with E-state index in [1.807, 2.05) is 0 Å². The van der Waals surface area contributed by atoms with Gasteiger partial charge in [-0.2, -0.15) is 13.2 Å². The Morgan fingerprint density at radius 3 is 2.47 bits per heavy atom. The molecule has 0 fully saturated rings. The number of carbonyl (C=O) groups is 1. The average Bonchev–Trinajstić information content (AvgIpc) is 3.42. The maximum absolute atomic E-state index is 13.3. The number of benzene rings is 1. The van der Waals surface area contributed by atoms with Crippen LogP contribution in [0, 0.1) is 5.82 Å². The van der Waals surface area contributed by atoms with Crippen molar-refractivity contribution < 1.29 is 37.0 Å². The molecule has 8 nitrogen and oxygen atoms in total. The van der Waals surface area contributed by atoms with Gasteiger partial charge in [-0.1, -0.05) is 12.0 Å². The number of carboxylic acids is 1. The van der Waals surface area contributed by atoms with Gasteiger partial charge in [0, 0.05) is 18.3 Å². The molecule has 12 heteroatoms. The quantitative estimate of drug-likeness (QED) is 0.333. The minimum absolute atomic E-state index is 0.0178. The van der Waals surface area contributed by atoms with E-state index in [1.54, 1.807) is 22.7 Å². The summed E-state index contributed by atoms with van der Waals surface area (Å²) in [5, 5.41) is 29.0. The Morgan fingerprint density at radius 1 is 1.15 bits per heavy atom. The van der Waals surface area contributed by atoms with Crippen molar-refractivity contribution in [2.24, 2.45) is 0 Å². The number of hydrogen-bond donors (Lipinski definition) is 3. The van der Waals surface area contributed by atoms with E-state index in [2.05, 4.69) is 15.5 Å². The Hall–Kier alpha value is -3.93. The fourth-order valence-electron chi connectivity index (χ4n) is 3.51. The molecule has 0 amide bonds. The first kappa shape index (κ1) is 23.2. The van der Waals surface area contributed by atoms with Crippen LogP contribution in [0.3, 0.4) is 0 Å². The number of carboxylic acid groups (broad SMARTS) is 1. The number of hydrogen-bond acceptors (Lipinski definition) is 6. The molecule has 0 aliphatic heterocycles. The summed E-state index contributed by atoms with van der Waals surface area (Å²) in [4.78, 5) is 11.8. The summed E-state index contributed by atoms with van der Waals surface area (Å²) in [6, 6.07) is 9.89. The highest BCUT2D eigenvalue weighted by atomic mass is 19.4. The van der Waals surface area contributed by atoms with E-state index in [0.29, 0.717) is 22.3 Å². The second kappa shape index (κ2) is 8.45. The van der Waals surface area contributed by atoms with Gasteiger partial charge in [-0.05, 0) is 60.0 Å². The maximum atomic E-state index is 13.3. The largest absolute Gasteiger partial charge is 0.478 e. The van der Waals surface area contributed by atoms with Crippen molar-refractivity contribution in [1.29, 1.82) is 0 Å². The van der Waals surface area contributed by atoms with Crippen LogP contribution in [-0.4, -0.2) is 37.0 Å². The molecule has 3 N–H and O–H groups in total. The molecule has 0 spiro atoms. The summed E-state index contributed by atoms with van der Waals surface area (Å²) < 4.78 is 59.4. The first-order valence-corrected chi connectivity index (χ1v) is 10.0. The molecule has 178 valence electrons. The van der Waals surface area contributed by atoms with Crippen molar-refractivity contribution in [2.75, 3.05) is 5.32 Å². The standard InChI is InChI=1S/C22H18F4N4O4/c1-2-21(33,22(24,25)26)19-28-29-20(34-19)27-11-12-7-8-30-15(9-12)10-16(18(31)32)17(30)13-3-5-14(23)6-4-13/h3-10,33H,2,11H2,1H3,(H,27,29)(H,31,32). The monoisotopic (exact) mass is 478 g/mol. The fraction of sp³-hybridized carbons (Fsp3) is 0.227. The number of alkyl halides is 3. The molecule has 0 saturated carbocycles. The van der Waals surface area contributed by atoms with E-state index >= 15 is 0 Å². The number of nitrogens with zero attached hydrogens (tertiary/aromatic N) is 3. The lowest BCUT2D eigenvalue weighted by atomic mass is 10.0. The van der Waals surface area contributed by atoms with Gasteiger partial charge in [-0.15, -0.1) is 5.10 Å². The van der Waals surface area contributed by atoms with Crippen LogP contribution in [0.2, 0.25) is 0 Å². The van der Waals surface area contributed by atoms with Gasteiger partial charge >= 0.3 is 18.2 Å². The van der Waals surface area contributed by atoms with Crippen molar-refractivity contribution in [2.45, 2.75) is 31.7 Å². The predicted octanol–water partition coefficient (Wildman–Crippen LogP) is 4.60. The molecule has 3 heterocycles. The first-order chi connectivity index (χ1) is 16.0. The summed E-state index contributed by atoms with van der Waals surface area (Å²) in [6.45, 7) is 1.21. The molecule has 4 rings (SSSR count). The number of aromatic carboxylic acids is 1. The molecule has 0 radical (unpaired) electrons. The summed E-state index contributed by atoms with van der Waals surface area (Å²) in [5.41, 5.74) is -1.20. The topological polar surface area (TPSA) is 113 Å². The number of rotatable bonds is 7. The third-order valence-corrected chi connectivity index (χ3v) is 5.39. The highest BCUT2D eigenvalue weighted by molar-refractivity contribution is 5.97. The highest BCUT2D eigenvalue weighted by Gasteiger charge is 2.57. The zero-order valence-electron chi connectivity index (χ0n) is 17.6. The molecular weight excluding hydrogens is 460 g/mol. The normalized spacial score (nSPS) is 13.7. The summed E-state index contributed by atoms with van der Waals surface area (Å²) in [7, 11) is 0. The molecule has 1 atom stereocenters. The maximum Gasteiger partial charge on any atom is 0.426 e. The highest BCUT2D eigenvalue weighted by Crippen LogP contribution is 2.41. The lowest BCUT2D eigenvalue weighted by Gasteiger charge is -2.25. The number of aliphatic hydroxyl groups is 1. The van der Waals surface area contributed by atoms with Gasteiger partial charge in [0.1, 0.15) is 5.82 Å². The van der Waals surface area contributed by atoms with Crippen molar-refractivity contribution >= 4 is 17.5 Å². The van der Waals surface area contributed by atoms with Crippen molar-refractivity contribution in [3.63, 3.8) is 0 Å². The van der Waals surface area contributed by atoms with Crippen LogP contribution >= 0.6 is 0 Å². The summed E-state index contributed by atoms with van der Waals surface area (Å²) in [6.07, 6.45) is -4.07. The Bertz CT molecular complexity index is 1350. The summed E-state index contributed by atoms with van der Waals surface area (Å²) >= 11 is 0. The lowest BCUT2D eigenvalue weighted by Crippen LogP contribution is -2.42. The zero-order chi connectivity index (χ0) is 24.7. The van der Waals surface area contributed by atoms with E-state index in [4.69, 9.17) is 4.42 Å². The first-order valence-electron chi connectivity index (χ1n) is 10.0. The zero-order valence-corrected chi connectivity index (χ0v) is 17.6. The van der Waals surface area contributed by atoms with Crippen LogP contribution < -0.4 is 5.32 Å². The van der Waals surface area contributed by atoms with E-state index in [1.165, 1.54) is 30.3 Å². The summed E-state index contributed by atoms with van der Waals surface area (Å²) in [5.74, 6) is -2.58. The van der Waals surface area contributed by atoms with E-state index in [0.717, 1.165) is 6.92 Å². The number of fused-ring (bicyclic) bond motifs is 1. The number of nitrogens with one attached hydrogen (secondary N) is 1. The Kier molecular flexibility index (Phi) is 5.77. The van der Waals surface area contributed by atoms with Crippen LogP contribution in [0.15, 0.2) is 53.1 Å². The fourth-order valence-corrected chi connectivity index (χ4v) is 3.51. The van der Waals surface area contributed by atoms with Gasteiger partial charge in [-0.25, -0.2) is 9.18 Å². The molecule has 0 aliphatic rings. The molecular formula is C22H18F4N4O4. The SMILES string of the molecule is CCC(O)(c1nnc(NCc2ccn3c(-c4ccc(F)cc4)c(C(=O)O)cc3c2)o1)C(F)(F)F. The number of halogens is 4. The van der Waals surface area contributed by atoms with Crippen molar-refractivity contribution in [3.8, 4) is 11.3 Å². The molecule has 0 aliphatic carbocycles. The van der Waals surface area contributed by atoms with Crippen LogP contribution in [0.5, 0.6) is 0 Å². The lowest BCUT2D eigenvalue weighted by molar-refractivity contribution is -0.275. The van der Waals surface area contributed by atoms with Crippen LogP contribution in [0.1, 0.15) is 35.2 Å². The van der Waals surface area contributed by atoms with E-state index < -0.39 is 35.9 Å². The Balaban J connectivity index is 1.60. The third-order valence-electron chi connectivity index (χ3n) is 5.39. The minimum atomic E-state index is -4.99. The third kappa shape index (κ3) is 4.07. The van der Waals surface area contributed by atoms with Crippen LogP contribution in [0.25, 0.3) is 16.8 Å². The van der Waals surface area contributed by atoms with Gasteiger partial charge in [0.25, 0.3) is 5.89 Å². The van der Waals surface area contributed by atoms with E-state index in [9.17, 15) is 32.6 Å². The minimum Gasteiger partial charge on any atom is -0.478 e. The average molecular weight is 478 g/mol. The second-order valence-electron chi connectivity index (χ2n) is 7.53. The smallest absolute Gasteiger partial charge is 0.426 e. The predicted molar refractivity (Wildman–Crippen MR) is 112 cm³/mol. The van der Waals surface area contributed by atoms with Gasteiger partial charge in [-0.3, -0.25) is 0 Å². The molecule has 1 unspecified atom stereocenters. The molecule has 1 aromatic carbocycles. The molecule has 34 heavy (non-hydrogen) atoms. The molecule has 3 aromatic heterocycles. The van der Waals surface area contributed by atoms with Crippen molar-refractivity contribution in [1.82, 2.24) is 14.6 Å². The molecule has 4 aromatic rings. The number of pyridine rings is 1. The van der Waals surface area contributed by atoms with Gasteiger partial charge in [0.05, 0.1) is 11.3 Å². The molecule has 0 bridgehead atoms. The van der Waals surface area contributed by atoms with E-state index in [-0.39, 0.29) is 18.1 Å². The molecule has 0 saturated heterocycles. The Labute approximate surface area is 189 Å². The number of aromatic nitrogens is 3. The van der Waals surface area contributed by atoms with Crippen LogP contribution in [-0.2, 0) is 12.1 Å². The van der Waals surface area contributed by atoms with Gasteiger partial charge in [0.15, 0.2) is 0 Å². The Morgan fingerprint density at radius 2 is 1.85 bits per heavy atom.